The van der Waals surface area contributed by atoms with Crippen molar-refractivity contribution in [3.05, 3.63) is 151 Å². The molecule has 3 aliphatic carbocycles. The van der Waals surface area contributed by atoms with Crippen LogP contribution in [0.25, 0.3) is 60.6 Å². The Morgan fingerprint density at radius 3 is 2.00 bits per heavy atom. The maximum atomic E-state index is 2.49. The summed E-state index contributed by atoms with van der Waals surface area (Å²) in [6, 6.07) is 31.8. The van der Waals surface area contributed by atoms with Crippen molar-refractivity contribution in [1.29, 1.82) is 0 Å². The van der Waals surface area contributed by atoms with Crippen LogP contribution in [-0.4, -0.2) is 9.13 Å². The Balaban J connectivity index is 1.22. The second kappa shape index (κ2) is 10.7. The molecule has 0 bridgehead atoms. The highest BCUT2D eigenvalue weighted by Gasteiger charge is 2.28. The molecule has 230 valence electrons. The summed E-state index contributed by atoms with van der Waals surface area (Å²) in [6.07, 6.45) is 24.4. The number of para-hydroxylation sites is 2. The van der Waals surface area contributed by atoms with Crippen LogP contribution in [0, 0.1) is 17.3 Å². The molecular formula is C45H40N2. The van der Waals surface area contributed by atoms with Crippen LogP contribution in [0.2, 0.25) is 0 Å². The molecule has 2 nitrogen and oxygen atoms in total. The number of aromatic nitrogens is 2. The summed E-state index contributed by atoms with van der Waals surface area (Å²) in [5.74, 6) is 1.17. The van der Waals surface area contributed by atoms with Crippen LogP contribution in [-0.2, 0) is 0 Å². The molecule has 0 spiro atoms. The van der Waals surface area contributed by atoms with Crippen LogP contribution in [0.4, 0.5) is 0 Å². The van der Waals surface area contributed by atoms with E-state index in [4.69, 9.17) is 0 Å². The summed E-state index contributed by atoms with van der Waals surface area (Å²) in [4.78, 5) is 0. The number of hydrogen-bond donors (Lipinski definition) is 0. The molecule has 3 atom stereocenters. The number of rotatable bonds is 4. The number of benzene rings is 4. The third kappa shape index (κ3) is 4.38. The van der Waals surface area contributed by atoms with Gasteiger partial charge in [0.1, 0.15) is 0 Å². The number of fused-ring (bicyclic) bond motifs is 7. The number of nitrogens with zero attached hydrogens (tertiary/aromatic N) is 2. The molecule has 6 aromatic rings. The summed E-state index contributed by atoms with van der Waals surface area (Å²) >= 11 is 0. The van der Waals surface area contributed by atoms with E-state index < -0.39 is 0 Å². The Labute approximate surface area is 277 Å². The van der Waals surface area contributed by atoms with E-state index in [1.165, 1.54) is 71.7 Å². The minimum Gasteiger partial charge on any atom is -0.310 e. The number of hydrogen-bond acceptors (Lipinski definition) is 0. The van der Waals surface area contributed by atoms with Crippen molar-refractivity contribution in [2.75, 3.05) is 0 Å². The molecule has 0 aliphatic heterocycles. The molecule has 2 aromatic heterocycles. The molecule has 2 heterocycles. The van der Waals surface area contributed by atoms with Gasteiger partial charge in [-0.15, -0.1) is 0 Å². The topological polar surface area (TPSA) is 9.86 Å². The molecule has 4 aromatic carbocycles. The van der Waals surface area contributed by atoms with Crippen LogP contribution in [0.5, 0.6) is 0 Å². The summed E-state index contributed by atoms with van der Waals surface area (Å²) in [5.41, 5.74) is 11.6. The third-order valence-electron chi connectivity index (χ3n) is 11.0. The van der Waals surface area contributed by atoms with Gasteiger partial charge in [0.15, 0.2) is 0 Å². The molecular weight excluding hydrogens is 569 g/mol. The first-order valence-electron chi connectivity index (χ1n) is 17.2. The lowest BCUT2D eigenvalue weighted by molar-refractivity contribution is 0.520. The molecule has 47 heavy (non-hydrogen) atoms. The molecule has 0 N–H and O–H groups in total. The maximum absolute atomic E-state index is 2.49. The molecule has 9 rings (SSSR count). The zero-order chi connectivity index (χ0) is 31.7. The fourth-order valence-corrected chi connectivity index (χ4v) is 8.26. The van der Waals surface area contributed by atoms with E-state index in [9.17, 15) is 0 Å². The predicted octanol–water partition coefficient (Wildman–Crippen LogP) is 12.2. The van der Waals surface area contributed by atoms with Crippen molar-refractivity contribution in [1.82, 2.24) is 9.13 Å². The first kappa shape index (κ1) is 28.2. The lowest BCUT2D eigenvalue weighted by atomic mass is 9.74. The molecule has 0 saturated carbocycles. The van der Waals surface area contributed by atoms with Gasteiger partial charge in [0, 0.05) is 38.3 Å². The van der Waals surface area contributed by atoms with E-state index >= 15 is 0 Å². The molecule has 0 amide bonds. The van der Waals surface area contributed by atoms with Crippen LogP contribution in [0.15, 0.2) is 145 Å². The molecule has 2 heteroatoms. The van der Waals surface area contributed by atoms with Crippen molar-refractivity contribution < 1.29 is 0 Å². The van der Waals surface area contributed by atoms with E-state index in [2.05, 4.69) is 170 Å². The Hall–Kier alpha value is -5.08. The summed E-state index contributed by atoms with van der Waals surface area (Å²) in [6.45, 7) is 6.99. The van der Waals surface area contributed by atoms with Crippen LogP contribution in [0.3, 0.4) is 0 Å². The van der Waals surface area contributed by atoms with Gasteiger partial charge in [-0.05, 0) is 90.3 Å². The van der Waals surface area contributed by atoms with E-state index in [1.807, 2.05) is 0 Å². The van der Waals surface area contributed by atoms with E-state index in [0.717, 1.165) is 19.3 Å². The fourth-order valence-electron chi connectivity index (χ4n) is 8.26. The Morgan fingerprint density at radius 2 is 1.36 bits per heavy atom. The average Bonchev–Trinajstić information content (AvgIpc) is 3.62. The Morgan fingerprint density at radius 1 is 0.681 bits per heavy atom. The zero-order valence-corrected chi connectivity index (χ0v) is 27.4. The highest BCUT2D eigenvalue weighted by atomic mass is 15.0. The first-order valence-corrected chi connectivity index (χ1v) is 17.2. The van der Waals surface area contributed by atoms with Gasteiger partial charge in [0.25, 0.3) is 0 Å². The van der Waals surface area contributed by atoms with E-state index in [-0.39, 0.29) is 5.41 Å². The van der Waals surface area contributed by atoms with Gasteiger partial charge in [-0.2, -0.15) is 0 Å². The second-order valence-corrected chi connectivity index (χ2v) is 14.1. The van der Waals surface area contributed by atoms with E-state index in [1.54, 1.807) is 0 Å². The monoisotopic (exact) mass is 608 g/mol. The van der Waals surface area contributed by atoms with Gasteiger partial charge < -0.3 is 9.13 Å². The smallest absolute Gasteiger partial charge is 0.0548 e. The van der Waals surface area contributed by atoms with Crippen LogP contribution >= 0.6 is 0 Å². The molecule has 3 aliphatic rings. The summed E-state index contributed by atoms with van der Waals surface area (Å²) in [7, 11) is 0. The van der Waals surface area contributed by atoms with Crippen molar-refractivity contribution in [2.24, 2.45) is 17.3 Å². The average molecular weight is 609 g/mol. The Bertz CT molecular complexity index is 2410. The summed E-state index contributed by atoms with van der Waals surface area (Å²) < 4.78 is 4.94. The molecule has 3 unspecified atom stereocenters. The SMILES string of the molecule is CC1C=CC(C2(C)C=CC(n3c4ccccc4c4c5c6ccccc6n(-c6ccc(C7=CC=CCC7C)cc6)c5ccc43)=CC2)=CC1. The largest absolute Gasteiger partial charge is 0.310 e. The predicted molar refractivity (Wildman–Crippen MR) is 202 cm³/mol. The molecule has 0 saturated heterocycles. The lowest BCUT2D eigenvalue weighted by Crippen LogP contribution is -2.19. The van der Waals surface area contributed by atoms with Gasteiger partial charge in [-0.1, -0.05) is 118 Å². The van der Waals surface area contributed by atoms with Crippen molar-refractivity contribution in [3.8, 4) is 5.69 Å². The summed E-state index contributed by atoms with van der Waals surface area (Å²) in [5, 5.41) is 5.24. The fraction of sp³-hybridized carbons (Fsp3) is 0.200. The van der Waals surface area contributed by atoms with Gasteiger partial charge in [0.2, 0.25) is 0 Å². The highest BCUT2D eigenvalue weighted by molar-refractivity contribution is 6.29. The molecule has 0 radical (unpaired) electrons. The highest BCUT2D eigenvalue weighted by Crippen LogP contribution is 2.45. The van der Waals surface area contributed by atoms with Gasteiger partial charge in [0.05, 0.1) is 22.1 Å². The third-order valence-corrected chi connectivity index (χ3v) is 11.0. The Kier molecular flexibility index (Phi) is 6.44. The van der Waals surface area contributed by atoms with Crippen molar-refractivity contribution >= 4 is 54.9 Å². The van der Waals surface area contributed by atoms with Crippen LogP contribution < -0.4 is 0 Å². The van der Waals surface area contributed by atoms with Crippen molar-refractivity contribution in [3.63, 3.8) is 0 Å². The maximum Gasteiger partial charge on any atom is 0.0548 e. The quantitative estimate of drug-likeness (QED) is 0.188. The van der Waals surface area contributed by atoms with E-state index in [0.29, 0.717) is 11.8 Å². The zero-order valence-electron chi connectivity index (χ0n) is 27.4. The normalized spacial score (nSPS) is 22.7. The number of allylic oxidation sites excluding steroid dienone is 12. The van der Waals surface area contributed by atoms with Gasteiger partial charge in [-0.3, -0.25) is 0 Å². The van der Waals surface area contributed by atoms with Gasteiger partial charge >= 0.3 is 0 Å². The standard InChI is InChI=1S/C45H40N2/c1-30-16-20-33(21-17-30)45(3)28-26-35(27-29-45)47-40-15-9-7-13-38(40)44-42(47)25-24-41-43(44)37-12-6-8-14-39(37)46(41)34-22-18-32(19-23-34)36-11-5-4-10-31(36)2/h4-9,11-16,18-28,30-31H,10,17,29H2,1-3H3. The van der Waals surface area contributed by atoms with Gasteiger partial charge in [-0.25, -0.2) is 0 Å². The van der Waals surface area contributed by atoms with Crippen molar-refractivity contribution in [2.45, 2.75) is 40.0 Å². The molecule has 0 fully saturated rings. The second-order valence-electron chi connectivity index (χ2n) is 14.1. The minimum atomic E-state index is 0.0252. The first-order chi connectivity index (χ1) is 23.0. The van der Waals surface area contributed by atoms with Crippen LogP contribution in [0.1, 0.15) is 45.6 Å². The lowest BCUT2D eigenvalue weighted by Gasteiger charge is -2.32. The minimum absolute atomic E-state index is 0.0252.